The fraction of sp³-hybridized carbons (Fsp3) is 1.00. The molecule has 4 aliphatic carbocycles. The highest BCUT2D eigenvalue weighted by molar-refractivity contribution is 5.19. The molecule has 1 aliphatic heterocycles. The van der Waals surface area contributed by atoms with Crippen molar-refractivity contribution in [3.8, 4) is 0 Å². The van der Waals surface area contributed by atoms with Gasteiger partial charge in [-0.1, -0.05) is 34.6 Å². The number of aliphatic hydroxyl groups is 2. The summed E-state index contributed by atoms with van der Waals surface area (Å²) in [7, 11) is 0. The van der Waals surface area contributed by atoms with Crippen molar-refractivity contribution in [3.05, 3.63) is 0 Å². The van der Waals surface area contributed by atoms with Crippen LogP contribution in [0.2, 0.25) is 0 Å². The molecule has 0 bridgehead atoms. The van der Waals surface area contributed by atoms with Gasteiger partial charge < -0.3 is 14.9 Å². The molecular weight excluding hydrogens is 372 g/mol. The van der Waals surface area contributed by atoms with Crippen molar-refractivity contribution in [2.45, 2.75) is 124 Å². The normalized spacial score (nSPS) is 60.0. The summed E-state index contributed by atoms with van der Waals surface area (Å²) in [6, 6.07) is 0. The second kappa shape index (κ2) is 6.70. The quantitative estimate of drug-likeness (QED) is 0.585. The summed E-state index contributed by atoms with van der Waals surface area (Å²) in [5, 5.41) is 22.5. The zero-order valence-electron chi connectivity index (χ0n) is 20.3. The van der Waals surface area contributed by atoms with Crippen molar-refractivity contribution >= 4 is 0 Å². The van der Waals surface area contributed by atoms with Crippen LogP contribution < -0.4 is 0 Å². The molecule has 0 radical (unpaired) electrons. The molecule has 4 saturated carbocycles. The predicted molar refractivity (Wildman–Crippen MR) is 120 cm³/mol. The fourth-order valence-corrected chi connectivity index (χ4v) is 10.4. The van der Waals surface area contributed by atoms with Gasteiger partial charge in [-0.2, -0.15) is 0 Å². The van der Waals surface area contributed by atoms with E-state index in [9.17, 15) is 10.2 Å². The lowest BCUT2D eigenvalue weighted by atomic mass is 9.35. The fourth-order valence-electron chi connectivity index (χ4n) is 10.4. The Labute approximate surface area is 184 Å². The Hall–Kier alpha value is -0.120. The lowest BCUT2D eigenvalue weighted by Gasteiger charge is -2.70. The van der Waals surface area contributed by atoms with Crippen LogP contribution in [0.1, 0.15) is 99.3 Å². The summed E-state index contributed by atoms with van der Waals surface area (Å²) in [6.45, 7) is 14.5. The highest BCUT2D eigenvalue weighted by atomic mass is 16.5. The van der Waals surface area contributed by atoms with Gasteiger partial charge in [-0.15, -0.1) is 0 Å². The molecule has 1 heterocycles. The van der Waals surface area contributed by atoms with Gasteiger partial charge in [0.1, 0.15) is 0 Å². The monoisotopic (exact) mass is 418 g/mol. The van der Waals surface area contributed by atoms with E-state index in [1.54, 1.807) is 0 Å². The van der Waals surface area contributed by atoms with Crippen molar-refractivity contribution in [3.63, 3.8) is 0 Å². The molecule has 3 heteroatoms. The van der Waals surface area contributed by atoms with E-state index in [-0.39, 0.29) is 33.9 Å². The second-order valence-electron chi connectivity index (χ2n) is 13.5. The van der Waals surface area contributed by atoms with Crippen LogP contribution in [-0.2, 0) is 4.74 Å². The van der Waals surface area contributed by atoms with Gasteiger partial charge in [0.2, 0.25) is 0 Å². The van der Waals surface area contributed by atoms with Crippen LogP contribution in [0.15, 0.2) is 0 Å². The predicted octanol–water partition coefficient (Wildman–Crippen LogP) is 5.57. The number of aliphatic hydroxyl groups excluding tert-OH is 2. The zero-order chi connectivity index (χ0) is 21.7. The third-order valence-electron chi connectivity index (χ3n) is 12.2. The number of ether oxygens (including phenoxy) is 1. The van der Waals surface area contributed by atoms with Gasteiger partial charge in [0.25, 0.3) is 0 Å². The average Bonchev–Trinajstić information content (AvgIpc) is 3.25. The summed E-state index contributed by atoms with van der Waals surface area (Å²) in [5.41, 5.74) is 0.674. The molecule has 0 aromatic heterocycles. The minimum Gasteiger partial charge on any atom is -0.393 e. The molecule has 0 aromatic carbocycles. The van der Waals surface area contributed by atoms with E-state index < -0.39 is 0 Å². The highest BCUT2D eigenvalue weighted by Crippen LogP contribution is 2.75. The molecule has 5 rings (SSSR count). The van der Waals surface area contributed by atoms with Crippen LogP contribution in [0.3, 0.4) is 0 Å². The van der Waals surface area contributed by atoms with Gasteiger partial charge in [-0.05, 0) is 110 Å². The van der Waals surface area contributed by atoms with Crippen molar-refractivity contribution in [2.24, 2.45) is 45.3 Å². The number of hydrogen-bond donors (Lipinski definition) is 2. The first-order chi connectivity index (χ1) is 13.9. The highest BCUT2D eigenvalue weighted by Gasteiger charge is 2.70. The van der Waals surface area contributed by atoms with Crippen LogP contribution in [0.25, 0.3) is 0 Å². The second-order valence-corrected chi connectivity index (χ2v) is 13.5. The van der Waals surface area contributed by atoms with Crippen molar-refractivity contribution in [1.82, 2.24) is 0 Å². The first kappa shape index (κ1) is 21.7. The van der Waals surface area contributed by atoms with E-state index >= 15 is 0 Å². The van der Waals surface area contributed by atoms with E-state index in [1.807, 2.05) is 0 Å². The molecule has 30 heavy (non-hydrogen) atoms. The lowest BCUT2D eigenvalue weighted by Crippen LogP contribution is -2.66. The van der Waals surface area contributed by atoms with Crippen LogP contribution in [0.5, 0.6) is 0 Å². The summed E-state index contributed by atoms with van der Waals surface area (Å²) in [6.07, 6.45) is 10.6. The third-order valence-corrected chi connectivity index (χ3v) is 12.2. The van der Waals surface area contributed by atoms with Gasteiger partial charge in [0.15, 0.2) is 0 Å². The molecule has 10 unspecified atom stereocenters. The minimum absolute atomic E-state index is 0.0247. The zero-order valence-corrected chi connectivity index (χ0v) is 20.3. The van der Waals surface area contributed by atoms with E-state index in [2.05, 4.69) is 41.5 Å². The van der Waals surface area contributed by atoms with Crippen LogP contribution in [0, 0.1) is 45.3 Å². The molecule has 11 atom stereocenters. The molecular formula is C27H46O3. The summed E-state index contributed by atoms with van der Waals surface area (Å²) in [4.78, 5) is 0. The lowest BCUT2D eigenvalue weighted by molar-refractivity contribution is -0.244. The summed E-state index contributed by atoms with van der Waals surface area (Å²) >= 11 is 0. The molecule has 1 saturated heterocycles. The molecule has 0 spiro atoms. The Balaban J connectivity index is 1.50. The van der Waals surface area contributed by atoms with Gasteiger partial charge >= 0.3 is 0 Å². The van der Waals surface area contributed by atoms with E-state index in [1.165, 1.54) is 38.5 Å². The SMILES string of the molecule is CC1CCC(C2CC[C@]3(C)C2C(O)CC2C4(C)CCC(O)C(C)(C)C4CCC23C)O1. The standard InChI is InChI=1S/C27H46O3/c1-16-7-8-19(30-16)17-9-13-27(6)23(17)18(28)15-21-25(4)12-11-22(29)24(2,3)20(25)10-14-26(21,27)5/h16-23,28-29H,7-15H2,1-6H3/t16?,17?,18?,19?,20?,21?,22?,23?,25?,26?,27-/m1/s1. The molecule has 2 N–H and O–H groups in total. The maximum absolute atomic E-state index is 11.7. The Morgan fingerprint density at radius 3 is 2.13 bits per heavy atom. The minimum atomic E-state index is -0.203. The maximum atomic E-state index is 11.7. The van der Waals surface area contributed by atoms with Gasteiger partial charge in [-0.3, -0.25) is 0 Å². The van der Waals surface area contributed by atoms with Crippen molar-refractivity contribution in [2.75, 3.05) is 0 Å². The van der Waals surface area contributed by atoms with E-state index in [0.717, 1.165) is 19.3 Å². The Morgan fingerprint density at radius 1 is 0.767 bits per heavy atom. The molecule has 5 fully saturated rings. The smallest absolute Gasteiger partial charge is 0.0611 e. The number of rotatable bonds is 1. The van der Waals surface area contributed by atoms with Crippen molar-refractivity contribution in [1.29, 1.82) is 0 Å². The Kier molecular flexibility index (Phi) is 4.85. The topological polar surface area (TPSA) is 49.7 Å². The summed E-state index contributed by atoms with van der Waals surface area (Å²) in [5.74, 6) is 2.02. The van der Waals surface area contributed by atoms with Crippen LogP contribution in [0.4, 0.5) is 0 Å². The summed E-state index contributed by atoms with van der Waals surface area (Å²) < 4.78 is 6.36. The Bertz CT molecular complexity index is 690. The van der Waals surface area contributed by atoms with Crippen LogP contribution >= 0.6 is 0 Å². The largest absolute Gasteiger partial charge is 0.393 e. The van der Waals surface area contributed by atoms with Gasteiger partial charge in [0.05, 0.1) is 24.4 Å². The number of fused-ring (bicyclic) bond motifs is 5. The van der Waals surface area contributed by atoms with Gasteiger partial charge in [-0.25, -0.2) is 0 Å². The average molecular weight is 419 g/mol. The van der Waals surface area contributed by atoms with E-state index in [0.29, 0.717) is 35.9 Å². The van der Waals surface area contributed by atoms with Crippen LogP contribution in [-0.4, -0.2) is 34.6 Å². The Morgan fingerprint density at radius 2 is 1.47 bits per heavy atom. The molecule has 172 valence electrons. The first-order valence-electron chi connectivity index (χ1n) is 13.0. The third kappa shape index (κ3) is 2.61. The molecule has 0 amide bonds. The van der Waals surface area contributed by atoms with Gasteiger partial charge in [0, 0.05) is 0 Å². The molecule has 0 aromatic rings. The van der Waals surface area contributed by atoms with Crippen molar-refractivity contribution < 1.29 is 14.9 Å². The van der Waals surface area contributed by atoms with E-state index in [4.69, 9.17) is 4.74 Å². The number of hydrogen-bond acceptors (Lipinski definition) is 3. The molecule has 5 aliphatic rings. The molecule has 3 nitrogen and oxygen atoms in total. The first-order valence-corrected chi connectivity index (χ1v) is 13.0. The maximum Gasteiger partial charge on any atom is 0.0611 e.